The number of carbonyl (C=O) groups is 2. The second-order valence-corrected chi connectivity index (χ2v) is 6.99. The summed E-state index contributed by atoms with van der Waals surface area (Å²) in [6.45, 7) is 1.19. The lowest BCUT2D eigenvalue weighted by Crippen LogP contribution is -2.45. The summed E-state index contributed by atoms with van der Waals surface area (Å²) in [6, 6.07) is 13.9. The first-order chi connectivity index (χ1) is 13.6. The van der Waals surface area contributed by atoms with Crippen LogP contribution in [0, 0.1) is 11.7 Å². The molecule has 28 heavy (non-hydrogen) atoms. The summed E-state index contributed by atoms with van der Waals surface area (Å²) in [5, 5.41) is 2.97. The summed E-state index contributed by atoms with van der Waals surface area (Å²) in [6.07, 6.45) is 1.55. The number of carbonyl (C=O) groups excluding carboxylic acids is 2. The van der Waals surface area contributed by atoms with Crippen LogP contribution in [0.15, 0.2) is 48.5 Å². The molecule has 6 heteroatoms. The van der Waals surface area contributed by atoms with E-state index in [9.17, 15) is 14.0 Å². The van der Waals surface area contributed by atoms with E-state index in [0.717, 1.165) is 16.9 Å². The number of likely N-dealkylation sites (tertiary alicyclic amines) is 1. The molecule has 1 fully saturated rings. The fraction of sp³-hybridized carbons (Fsp3) is 0.364. The van der Waals surface area contributed by atoms with Gasteiger partial charge in [-0.3, -0.25) is 9.59 Å². The number of nitrogens with zero attached hydrogens (tertiary/aromatic N) is 1. The molecular formula is C22H25FN2O3. The van der Waals surface area contributed by atoms with E-state index >= 15 is 0 Å². The van der Waals surface area contributed by atoms with Crippen molar-refractivity contribution in [1.29, 1.82) is 0 Å². The molecule has 2 amide bonds. The minimum atomic E-state index is -0.326. The Morgan fingerprint density at radius 1 is 1.25 bits per heavy atom. The Labute approximate surface area is 164 Å². The molecule has 5 nitrogen and oxygen atoms in total. The van der Waals surface area contributed by atoms with Gasteiger partial charge in [0.05, 0.1) is 13.0 Å². The SMILES string of the molecule is COc1ccccc1CCNC(=O)[C@@H]1CCC(=O)N(Cc2cccc(F)c2)C1. The lowest BCUT2D eigenvalue weighted by molar-refractivity contribution is -0.138. The lowest BCUT2D eigenvalue weighted by Gasteiger charge is -2.32. The van der Waals surface area contributed by atoms with Gasteiger partial charge in [0.15, 0.2) is 0 Å². The fourth-order valence-electron chi connectivity index (χ4n) is 3.51. The number of amides is 2. The molecule has 0 radical (unpaired) electrons. The van der Waals surface area contributed by atoms with Crippen molar-refractivity contribution in [2.45, 2.75) is 25.8 Å². The number of ether oxygens (including phenoxy) is 1. The Bertz CT molecular complexity index is 840. The number of hydrogen-bond acceptors (Lipinski definition) is 3. The summed E-state index contributed by atoms with van der Waals surface area (Å²) in [4.78, 5) is 26.4. The molecule has 1 atom stereocenters. The number of benzene rings is 2. The van der Waals surface area contributed by atoms with Crippen LogP contribution in [0.2, 0.25) is 0 Å². The molecule has 1 aliphatic rings. The zero-order valence-corrected chi connectivity index (χ0v) is 16.0. The molecule has 148 valence electrons. The summed E-state index contributed by atoms with van der Waals surface area (Å²) in [7, 11) is 1.63. The third-order valence-corrected chi connectivity index (χ3v) is 5.02. The molecule has 1 saturated heterocycles. The van der Waals surface area contributed by atoms with E-state index in [0.29, 0.717) is 38.9 Å². The first-order valence-corrected chi connectivity index (χ1v) is 9.48. The van der Waals surface area contributed by atoms with Gasteiger partial charge in [-0.25, -0.2) is 4.39 Å². The highest BCUT2D eigenvalue weighted by Gasteiger charge is 2.30. The van der Waals surface area contributed by atoms with Gasteiger partial charge in [-0.15, -0.1) is 0 Å². The average molecular weight is 384 g/mol. The number of para-hydroxylation sites is 1. The van der Waals surface area contributed by atoms with Crippen molar-refractivity contribution in [2.75, 3.05) is 20.2 Å². The zero-order valence-electron chi connectivity index (χ0n) is 16.0. The standard InChI is InChI=1S/C22H25FN2O3/c1-28-20-8-3-2-6-17(20)11-12-24-22(27)18-9-10-21(26)25(15-18)14-16-5-4-7-19(23)13-16/h2-8,13,18H,9-12,14-15H2,1H3,(H,24,27)/t18-/m1/s1. The first kappa shape index (κ1) is 19.9. The molecule has 1 heterocycles. The predicted octanol–water partition coefficient (Wildman–Crippen LogP) is 2.93. The zero-order chi connectivity index (χ0) is 19.9. The number of rotatable bonds is 7. The van der Waals surface area contributed by atoms with E-state index < -0.39 is 0 Å². The van der Waals surface area contributed by atoms with Gasteiger partial charge in [0.1, 0.15) is 11.6 Å². The van der Waals surface area contributed by atoms with Crippen LogP contribution >= 0.6 is 0 Å². The molecule has 1 aliphatic heterocycles. The second kappa shape index (κ2) is 9.35. The maximum absolute atomic E-state index is 13.4. The van der Waals surface area contributed by atoms with Crippen LogP contribution in [0.3, 0.4) is 0 Å². The van der Waals surface area contributed by atoms with E-state index in [1.54, 1.807) is 24.1 Å². The number of piperidine rings is 1. The molecule has 2 aromatic rings. The second-order valence-electron chi connectivity index (χ2n) is 6.99. The molecule has 0 unspecified atom stereocenters. The summed E-state index contributed by atoms with van der Waals surface area (Å²) < 4.78 is 18.7. The predicted molar refractivity (Wildman–Crippen MR) is 104 cm³/mol. The monoisotopic (exact) mass is 384 g/mol. The third-order valence-electron chi connectivity index (χ3n) is 5.02. The van der Waals surface area contributed by atoms with Crippen LogP contribution in [-0.2, 0) is 22.6 Å². The van der Waals surface area contributed by atoms with Crippen LogP contribution in [0.5, 0.6) is 5.75 Å². The Kier molecular flexibility index (Phi) is 6.63. The molecule has 0 spiro atoms. The maximum Gasteiger partial charge on any atom is 0.224 e. The minimum absolute atomic E-state index is 0.00216. The van der Waals surface area contributed by atoms with E-state index in [2.05, 4.69) is 5.32 Å². The molecule has 0 bridgehead atoms. The average Bonchev–Trinajstić information content (AvgIpc) is 2.70. The van der Waals surface area contributed by atoms with Crippen LogP contribution in [-0.4, -0.2) is 36.9 Å². The van der Waals surface area contributed by atoms with Crippen LogP contribution < -0.4 is 10.1 Å². The fourth-order valence-corrected chi connectivity index (χ4v) is 3.51. The van der Waals surface area contributed by atoms with Crippen molar-refractivity contribution >= 4 is 11.8 Å². The van der Waals surface area contributed by atoms with Gasteiger partial charge in [-0.1, -0.05) is 30.3 Å². The van der Waals surface area contributed by atoms with Crippen LogP contribution in [0.25, 0.3) is 0 Å². The molecule has 3 rings (SSSR count). The Morgan fingerprint density at radius 3 is 2.86 bits per heavy atom. The van der Waals surface area contributed by atoms with Gasteiger partial charge in [-0.2, -0.15) is 0 Å². The normalized spacial score (nSPS) is 16.7. The maximum atomic E-state index is 13.4. The van der Waals surface area contributed by atoms with Crippen molar-refractivity contribution in [1.82, 2.24) is 10.2 Å². The summed E-state index contributed by atoms with van der Waals surface area (Å²) in [5.41, 5.74) is 1.77. The van der Waals surface area contributed by atoms with Gasteiger partial charge >= 0.3 is 0 Å². The largest absolute Gasteiger partial charge is 0.496 e. The number of nitrogens with one attached hydrogen (secondary N) is 1. The van der Waals surface area contributed by atoms with E-state index in [-0.39, 0.29) is 23.5 Å². The quantitative estimate of drug-likeness (QED) is 0.799. The van der Waals surface area contributed by atoms with Gasteiger partial charge in [0.2, 0.25) is 11.8 Å². The Morgan fingerprint density at radius 2 is 2.07 bits per heavy atom. The van der Waals surface area contributed by atoms with E-state index in [1.807, 2.05) is 24.3 Å². The van der Waals surface area contributed by atoms with E-state index in [1.165, 1.54) is 12.1 Å². The smallest absolute Gasteiger partial charge is 0.224 e. The van der Waals surface area contributed by atoms with Crippen molar-refractivity contribution in [3.05, 3.63) is 65.5 Å². The van der Waals surface area contributed by atoms with Crippen molar-refractivity contribution in [3.8, 4) is 5.75 Å². The highest BCUT2D eigenvalue weighted by Crippen LogP contribution is 2.21. The highest BCUT2D eigenvalue weighted by molar-refractivity contribution is 5.83. The first-order valence-electron chi connectivity index (χ1n) is 9.48. The Balaban J connectivity index is 1.53. The van der Waals surface area contributed by atoms with Crippen LogP contribution in [0.4, 0.5) is 4.39 Å². The van der Waals surface area contributed by atoms with Gasteiger partial charge in [0, 0.05) is 26.1 Å². The van der Waals surface area contributed by atoms with Gasteiger partial charge < -0.3 is 15.0 Å². The molecule has 2 aromatic carbocycles. The van der Waals surface area contributed by atoms with Crippen molar-refractivity contribution in [2.24, 2.45) is 5.92 Å². The lowest BCUT2D eigenvalue weighted by atomic mass is 9.96. The number of hydrogen-bond donors (Lipinski definition) is 1. The molecule has 0 saturated carbocycles. The van der Waals surface area contributed by atoms with Gasteiger partial charge in [0.25, 0.3) is 0 Å². The van der Waals surface area contributed by atoms with E-state index in [4.69, 9.17) is 4.74 Å². The van der Waals surface area contributed by atoms with Crippen molar-refractivity contribution < 1.29 is 18.7 Å². The summed E-state index contributed by atoms with van der Waals surface area (Å²) in [5.74, 6) is 0.187. The van der Waals surface area contributed by atoms with Crippen molar-refractivity contribution in [3.63, 3.8) is 0 Å². The molecule has 0 aromatic heterocycles. The Hall–Kier alpha value is -2.89. The molecule has 1 N–H and O–H groups in total. The highest BCUT2D eigenvalue weighted by atomic mass is 19.1. The topological polar surface area (TPSA) is 58.6 Å². The van der Waals surface area contributed by atoms with Crippen LogP contribution in [0.1, 0.15) is 24.0 Å². The number of methoxy groups -OCH3 is 1. The molecular weight excluding hydrogens is 359 g/mol. The third kappa shape index (κ3) is 5.09. The van der Waals surface area contributed by atoms with Gasteiger partial charge in [-0.05, 0) is 42.2 Å². The number of halogens is 1. The minimum Gasteiger partial charge on any atom is -0.496 e. The summed E-state index contributed by atoms with van der Waals surface area (Å²) >= 11 is 0. The molecule has 0 aliphatic carbocycles.